The summed E-state index contributed by atoms with van der Waals surface area (Å²) >= 11 is 0. The van der Waals surface area contributed by atoms with Crippen molar-refractivity contribution in [2.24, 2.45) is 16.2 Å². The summed E-state index contributed by atoms with van der Waals surface area (Å²) in [5, 5.41) is 0. The van der Waals surface area contributed by atoms with Gasteiger partial charge in [0, 0.05) is 16.6 Å². The Hall–Kier alpha value is -0.930. The van der Waals surface area contributed by atoms with E-state index in [4.69, 9.17) is 9.78 Å². The summed E-state index contributed by atoms with van der Waals surface area (Å²) < 4.78 is 0. The van der Waals surface area contributed by atoms with Gasteiger partial charge in [-0.1, -0.05) is 62.3 Å². The van der Waals surface area contributed by atoms with Gasteiger partial charge in [0.15, 0.2) is 5.78 Å². The second-order valence-electron chi connectivity index (χ2n) is 11.3. The largest absolute Gasteiger partial charge is 0.289 e. The van der Waals surface area contributed by atoms with E-state index >= 15 is 0 Å². The van der Waals surface area contributed by atoms with Crippen molar-refractivity contribution in [2.75, 3.05) is 0 Å². The monoisotopic (exact) mass is 350 g/mol. The van der Waals surface area contributed by atoms with E-state index in [-0.39, 0.29) is 22.0 Å². The second-order valence-corrected chi connectivity index (χ2v) is 11.3. The molecule has 0 radical (unpaired) electrons. The molecule has 25 heavy (non-hydrogen) atoms. The molecule has 0 bridgehead atoms. The molecule has 1 aliphatic carbocycles. The minimum Gasteiger partial charge on any atom is -0.289 e. The number of rotatable bonds is 2. The van der Waals surface area contributed by atoms with Crippen LogP contribution in [0.1, 0.15) is 83.1 Å². The van der Waals surface area contributed by atoms with Crippen molar-refractivity contribution in [1.29, 1.82) is 0 Å². The van der Waals surface area contributed by atoms with Gasteiger partial charge in [-0.2, -0.15) is 0 Å². The van der Waals surface area contributed by atoms with E-state index in [0.717, 1.165) is 11.1 Å². The van der Waals surface area contributed by atoms with Gasteiger partial charge < -0.3 is 0 Å². The van der Waals surface area contributed by atoms with Crippen molar-refractivity contribution < 1.29 is 14.6 Å². The number of ketones is 1. The van der Waals surface area contributed by atoms with Crippen LogP contribution in [0, 0.1) is 16.2 Å². The normalized spacial score (nSPS) is 19.6. The zero-order chi connectivity index (χ0) is 20.1. The topological polar surface area (TPSA) is 35.5 Å². The standard InChI is InChI=1S/C22H38O3/c1-18(2,3)15-13-22(20(7,8)9,25-24-21(10,11)12)14-16(17(15)23)19(4,5)6/h13-14H,1-12H3. The van der Waals surface area contributed by atoms with E-state index in [1.165, 1.54) is 0 Å². The van der Waals surface area contributed by atoms with Crippen molar-refractivity contribution >= 4 is 5.78 Å². The van der Waals surface area contributed by atoms with Crippen molar-refractivity contribution in [3.05, 3.63) is 23.3 Å². The quantitative estimate of drug-likeness (QED) is 0.449. The van der Waals surface area contributed by atoms with Crippen molar-refractivity contribution in [3.8, 4) is 0 Å². The molecule has 1 aliphatic rings. The molecule has 0 amide bonds. The molecule has 0 heterocycles. The highest BCUT2D eigenvalue weighted by Crippen LogP contribution is 2.47. The van der Waals surface area contributed by atoms with Gasteiger partial charge in [0.2, 0.25) is 0 Å². The SMILES string of the molecule is CC(C)(C)OOC1(C(C)(C)C)C=C(C(C)(C)C)C(=O)C(C(C)(C)C)=C1. The summed E-state index contributed by atoms with van der Waals surface area (Å²) in [7, 11) is 0. The third-order valence-electron chi connectivity index (χ3n) is 4.42. The van der Waals surface area contributed by atoms with Crippen LogP contribution >= 0.6 is 0 Å². The van der Waals surface area contributed by atoms with E-state index < -0.39 is 11.2 Å². The number of carbonyl (C=O) groups is 1. The maximum Gasteiger partial charge on any atom is 0.185 e. The van der Waals surface area contributed by atoms with Gasteiger partial charge in [-0.25, -0.2) is 9.78 Å². The van der Waals surface area contributed by atoms with Crippen molar-refractivity contribution in [1.82, 2.24) is 0 Å². The molecule has 0 aromatic carbocycles. The highest BCUT2D eigenvalue weighted by atomic mass is 17.2. The Bertz CT molecular complexity index is 545. The lowest BCUT2D eigenvalue weighted by molar-refractivity contribution is -0.398. The van der Waals surface area contributed by atoms with E-state index in [0.29, 0.717) is 0 Å². The van der Waals surface area contributed by atoms with Crippen LogP contribution in [0.5, 0.6) is 0 Å². The number of Topliss-reactive ketones (excluding diaryl/α,β-unsaturated/α-hetero) is 1. The van der Waals surface area contributed by atoms with E-state index in [1.807, 2.05) is 32.9 Å². The van der Waals surface area contributed by atoms with Gasteiger partial charge in [0.05, 0.1) is 5.60 Å². The number of carbonyl (C=O) groups excluding carboxylic acids is 1. The fourth-order valence-electron chi connectivity index (χ4n) is 2.66. The highest BCUT2D eigenvalue weighted by molar-refractivity contribution is 6.11. The molecule has 0 aromatic heterocycles. The Kier molecular flexibility index (Phi) is 5.62. The second kappa shape index (κ2) is 6.35. The first-order valence-electron chi connectivity index (χ1n) is 9.18. The average molecular weight is 351 g/mol. The van der Waals surface area contributed by atoms with Gasteiger partial charge in [-0.05, 0) is 43.8 Å². The van der Waals surface area contributed by atoms with Crippen LogP contribution in [-0.4, -0.2) is 17.0 Å². The highest BCUT2D eigenvalue weighted by Gasteiger charge is 2.49. The van der Waals surface area contributed by atoms with Crippen molar-refractivity contribution in [2.45, 2.75) is 94.3 Å². The molecule has 3 heteroatoms. The third kappa shape index (κ3) is 5.04. The molecule has 0 aromatic rings. The Morgan fingerprint density at radius 2 is 1.08 bits per heavy atom. The number of hydrogen-bond donors (Lipinski definition) is 0. The van der Waals surface area contributed by atoms with E-state index in [1.54, 1.807) is 0 Å². The summed E-state index contributed by atoms with van der Waals surface area (Å²) in [4.78, 5) is 25.1. The molecule has 0 saturated heterocycles. The predicted octanol–water partition coefficient (Wildman–Crippen LogP) is 6.05. The molecular weight excluding hydrogens is 312 g/mol. The van der Waals surface area contributed by atoms with Crippen molar-refractivity contribution in [3.63, 3.8) is 0 Å². The maximum absolute atomic E-state index is 13.2. The molecular formula is C22H38O3. The molecule has 0 saturated carbocycles. The minimum atomic E-state index is -0.806. The third-order valence-corrected chi connectivity index (χ3v) is 4.42. The Morgan fingerprint density at radius 1 is 0.720 bits per heavy atom. The molecule has 0 fully saturated rings. The van der Waals surface area contributed by atoms with Gasteiger partial charge >= 0.3 is 0 Å². The first kappa shape index (κ1) is 22.1. The fraction of sp³-hybridized carbons (Fsp3) is 0.773. The van der Waals surface area contributed by atoms with Crippen LogP contribution in [0.3, 0.4) is 0 Å². The molecule has 0 atom stereocenters. The summed E-state index contributed by atoms with van der Waals surface area (Å²) in [5.41, 5.74) is -0.511. The number of hydrogen-bond acceptors (Lipinski definition) is 3. The predicted molar refractivity (Wildman–Crippen MR) is 104 cm³/mol. The molecule has 0 N–H and O–H groups in total. The van der Waals surface area contributed by atoms with Gasteiger partial charge in [0.1, 0.15) is 5.60 Å². The summed E-state index contributed by atoms with van der Waals surface area (Å²) in [6.07, 6.45) is 3.96. The lowest BCUT2D eigenvalue weighted by Gasteiger charge is -2.45. The molecule has 3 nitrogen and oxygen atoms in total. The smallest absolute Gasteiger partial charge is 0.185 e. The van der Waals surface area contributed by atoms with E-state index in [2.05, 4.69) is 62.3 Å². The molecule has 0 aliphatic heterocycles. The van der Waals surface area contributed by atoms with Gasteiger partial charge in [-0.3, -0.25) is 4.79 Å². The van der Waals surface area contributed by atoms with Gasteiger partial charge in [0.25, 0.3) is 0 Å². The first-order chi connectivity index (χ1) is 10.8. The summed E-state index contributed by atoms with van der Waals surface area (Å²) in [5.74, 6) is 0.110. The van der Waals surface area contributed by atoms with Crippen LogP contribution < -0.4 is 0 Å². The Morgan fingerprint density at radius 3 is 1.32 bits per heavy atom. The number of allylic oxidation sites excluding steroid dienone is 2. The van der Waals surface area contributed by atoms with Crippen LogP contribution in [-0.2, 0) is 14.6 Å². The van der Waals surface area contributed by atoms with Crippen LogP contribution in [0.15, 0.2) is 23.3 Å². The fourth-order valence-corrected chi connectivity index (χ4v) is 2.66. The van der Waals surface area contributed by atoms with Gasteiger partial charge in [-0.15, -0.1) is 0 Å². The molecule has 1 rings (SSSR count). The average Bonchev–Trinajstić information content (AvgIpc) is 2.32. The molecule has 0 unspecified atom stereocenters. The van der Waals surface area contributed by atoms with Crippen LogP contribution in [0.25, 0.3) is 0 Å². The summed E-state index contributed by atoms with van der Waals surface area (Å²) in [6.45, 7) is 24.6. The molecule has 144 valence electrons. The Labute approximate surface area is 154 Å². The van der Waals surface area contributed by atoms with E-state index in [9.17, 15) is 4.79 Å². The van der Waals surface area contributed by atoms with Crippen LogP contribution in [0.2, 0.25) is 0 Å². The Balaban J connectivity index is 3.67. The zero-order valence-electron chi connectivity index (χ0n) is 18.4. The lowest BCUT2D eigenvalue weighted by Crippen LogP contribution is -2.48. The lowest BCUT2D eigenvalue weighted by atomic mass is 9.64. The van der Waals surface area contributed by atoms with Crippen LogP contribution in [0.4, 0.5) is 0 Å². The zero-order valence-corrected chi connectivity index (χ0v) is 18.4. The molecule has 0 spiro atoms. The minimum absolute atomic E-state index is 0.110. The summed E-state index contributed by atoms with van der Waals surface area (Å²) in [6, 6.07) is 0. The maximum atomic E-state index is 13.2. The first-order valence-corrected chi connectivity index (χ1v) is 9.18.